The minimum atomic E-state index is 0.0500. The van der Waals surface area contributed by atoms with Crippen LogP contribution in [0.15, 0.2) is 53.0 Å². The molecule has 0 aromatic heterocycles. The number of likely N-dealkylation sites (tertiary alicyclic amines) is 1. The molecule has 3 atom stereocenters. The summed E-state index contributed by atoms with van der Waals surface area (Å²) in [7, 11) is 0. The van der Waals surface area contributed by atoms with E-state index in [2.05, 4.69) is 45.1 Å². The number of aryl methyl sites for hydroxylation is 1. The third kappa shape index (κ3) is 3.62. The molecule has 0 spiro atoms. The van der Waals surface area contributed by atoms with E-state index in [1.165, 1.54) is 17.5 Å². The Kier molecular flexibility index (Phi) is 5.11. The van der Waals surface area contributed by atoms with Gasteiger partial charge in [-0.1, -0.05) is 36.4 Å². The van der Waals surface area contributed by atoms with Crippen LogP contribution in [0.2, 0.25) is 0 Å². The Bertz CT molecular complexity index is 735. The molecule has 0 bridgehead atoms. The number of fused-ring (bicyclic) bond motifs is 1. The van der Waals surface area contributed by atoms with Crippen LogP contribution in [-0.2, 0) is 6.42 Å². The van der Waals surface area contributed by atoms with Crippen molar-refractivity contribution in [1.29, 1.82) is 0 Å². The van der Waals surface area contributed by atoms with E-state index in [4.69, 9.17) is 10.5 Å². The van der Waals surface area contributed by atoms with Crippen LogP contribution in [0.1, 0.15) is 36.5 Å². The first-order chi connectivity index (χ1) is 12.2. The molecule has 2 aromatic rings. The molecule has 1 saturated heterocycles. The maximum atomic E-state index is 6.58. The molecule has 0 saturated carbocycles. The Balaban J connectivity index is 1.67. The number of para-hydroxylation sites is 1. The zero-order chi connectivity index (χ0) is 17.2. The molecule has 0 amide bonds. The minimum Gasteiger partial charge on any atom is -0.483 e. The van der Waals surface area contributed by atoms with Gasteiger partial charge < -0.3 is 10.5 Å². The number of rotatable bonds is 3. The predicted molar refractivity (Wildman–Crippen MR) is 105 cm³/mol. The molecular formula is C21H25BrN2O. The Labute approximate surface area is 158 Å². The van der Waals surface area contributed by atoms with Crippen LogP contribution < -0.4 is 10.5 Å². The van der Waals surface area contributed by atoms with Crippen LogP contribution in [-0.4, -0.2) is 30.1 Å². The molecule has 0 radical (unpaired) electrons. The molecule has 4 heteroatoms. The van der Waals surface area contributed by atoms with Crippen LogP contribution >= 0.6 is 15.9 Å². The fourth-order valence-corrected chi connectivity index (χ4v) is 4.61. The average Bonchev–Trinajstić information content (AvgIpc) is 2.64. The van der Waals surface area contributed by atoms with Crippen molar-refractivity contribution in [2.24, 2.45) is 5.73 Å². The molecular weight excluding hydrogens is 376 g/mol. The van der Waals surface area contributed by atoms with Gasteiger partial charge in [-0.25, -0.2) is 0 Å². The van der Waals surface area contributed by atoms with E-state index in [9.17, 15) is 0 Å². The monoisotopic (exact) mass is 400 g/mol. The van der Waals surface area contributed by atoms with Gasteiger partial charge >= 0.3 is 0 Å². The van der Waals surface area contributed by atoms with Crippen LogP contribution in [0.4, 0.5) is 0 Å². The first-order valence-electron chi connectivity index (χ1n) is 9.21. The number of hydrogen-bond donors (Lipinski definition) is 1. The van der Waals surface area contributed by atoms with E-state index in [1.54, 1.807) is 0 Å². The summed E-state index contributed by atoms with van der Waals surface area (Å²) in [6.07, 6.45) is 4.60. The number of ether oxygens (including phenoxy) is 1. The zero-order valence-electron chi connectivity index (χ0n) is 14.4. The Hall–Kier alpha value is -1.36. The highest BCUT2D eigenvalue weighted by Crippen LogP contribution is 2.39. The van der Waals surface area contributed by atoms with E-state index in [0.717, 1.165) is 42.6 Å². The van der Waals surface area contributed by atoms with Gasteiger partial charge in [0.05, 0.1) is 10.5 Å². The first-order valence-corrected chi connectivity index (χ1v) is 10.0. The summed E-state index contributed by atoms with van der Waals surface area (Å²) in [5.74, 6) is 0.913. The second kappa shape index (κ2) is 7.48. The van der Waals surface area contributed by atoms with Crippen molar-refractivity contribution in [3.8, 4) is 5.75 Å². The molecule has 3 nitrogen and oxygen atoms in total. The lowest BCUT2D eigenvalue weighted by atomic mass is 9.84. The third-order valence-corrected chi connectivity index (χ3v) is 6.12. The Morgan fingerprint density at radius 1 is 1.04 bits per heavy atom. The zero-order valence-corrected chi connectivity index (χ0v) is 16.0. The SMILES string of the molecule is N[C@H]1CCCN([C@H]2CCc3ccccc3[C@@H]2Oc2ccccc2Br)C1. The molecule has 0 unspecified atom stereocenters. The average molecular weight is 401 g/mol. The smallest absolute Gasteiger partial charge is 0.139 e. The van der Waals surface area contributed by atoms with E-state index >= 15 is 0 Å². The van der Waals surface area contributed by atoms with Gasteiger partial charge in [-0.15, -0.1) is 0 Å². The van der Waals surface area contributed by atoms with Gasteiger partial charge in [-0.3, -0.25) is 4.90 Å². The molecule has 1 aliphatic heterocycles. The number of nitrogens with zero attached hydrogens (tertiary/aromatic N) is 1. The summed E-state index contributed by atoms with van der Waals surface area (Å²) in [5, 5.41) is 0. The van der Waals surface area contributed by atoms with Gasteiger partial charge in [0.25, 0.3) is 0 Å². The fourth-order valence-electron chi connectivity index (χ4n) is 4.24. The number of piperidine rings is 1. The lowest BCUT2D eigenvalue weighted by molar-refractivity contribution is 0.0363. The van der Waals surface area contributed by atoms with Crippen molar-refractivity contribution in [3.05, 3.63) is 64.1 Å². The Morgan fingerprint density at radius 2 is 1.84 bits per heavy atom. The molecule has 1 fully saturated rings. The first kappa shape index (κ1) is 17.1. The second-order valence-electron chi connectivity index (χ2n) is 7.17. The largest absolute Gasteiger partial charge is 0.483 e. The molecule has 2 aliphatic rings. The molecule has 4 rings (SSSR count). The molecule has 1 heterocycles. The van der Waals surface area contributed by atoms with Gasteiger partial charge in [-0.05, 0) is 71.4 Å². The summed E-state index contributed by atoms with van der Waals surface area (Å²) >= 11 is 3.63. The lowest BCUT2D eigenvalue weighted by Crippen LogP contribution is -2.51. The van der Waals surface area contributed by atoms with Gasteiger partial charge in [-0.2, -0.15) is 0 Å². The molecule has 2 aromatic carbocycles. The molecule has 25 heavy (non-hydrogen) atoms. The van der Waals surface area contributed by atoms with Crippen molar-refractivity contribution in [2.75, 3.05) is 13.1 Å². The van der Waals surface area contributed by atoms with Crippen molar-refractivity contribution >= 4 is 15.9 Å². The van der Waals surface area contributed by atoms with Crippen molar-refractivity contribution in [1.82, 2.24) is 4.90 Å². The van der Waals surface area contributed by atoms with Crippen molar-refractivity contribution < 1.29 is 4.74 Å². The highest BCUT2D eigenvalue weighted by Gasteiger charge is 2.36. The predicted octanol–water partition coefficient (Wildman–Crippen LogP) is 4.31. The second-order valence-corrected chi connectivity index (χ2v) is 8.03. The van der Waals surface area contributed by atoms with Gasteiger partial charge in [0.1, 0.15) is 11.9 Å². The summed E-state index contributed by atoms with van der Waals surface area (Å²) in [5.41, 5.74) is 9.00. The lowest BCUT2D eigenvalue weighted by Gasteiger charge is -2.43. The Morgan fingerprint density at radius 3 is 2.68 bits per heavy atom. The summed E-state index contributed by atoms with van der Waals surface area (Å²) < 4.78 is 7.59. The van der Waals surface area contributed by atoms with E-state index in [0.29, 0.717) is 6.04 Å². The number of nitrogens with two attached hydrogens (primary N) is 1. The highest BCUT2D eigenvalue weighted by atomic mass is 79.9. The van der Waals surface area contributed by atoms with E-state index in [-0.39, 0.29) is 12.1 Å². The summed E-state index contributed by atoms with van der Waals surface area (Å²) in [4.78, 5) is 2.56. The fraction of sp³-hybridized carbons (Fsp3) is 0.429. The maximum absolute atomic E-state index is 6.58. The van der Waals surface area contributed by atoms with Gasteiger partial charge in [0.2, 0.25) is 0 Å². The van der Waals surface area contributed by atoms with Crippen LogP contribution in [0.25, 0.3) is 0 Å². The quantitative estimate of drug-likeness (QED) is 0.833. The summed E-state index contributed by atoms with van der Waals surface area (Å²) in [6, 6.07) is 17.5. The van der Waals surface area contributed by atoms with Crippen LogP contribution in [0, 0.1) is 0 Å². The van der Waals surface area contributed by atoms with Crippen molar-refractivity contribution in [2.45, 2.75) is 43.9 Å². The van der Waals surface area contributed by atoms with Gasteiger partial charge in [0, 0.05) is 12.6 Å². The topological polar surface area (TPSA) is 38.5 Å². The number of benzene rings is 2. The van der Waals surface area contributed by atoms with Gasteiger partial charge in [0.15, 0.2) is 0 Å². The van der Waals surface area contributed by atoms with Crippen molar-refractivity contribution in [3.63, 3.8) is 0 Å². The molecule has 132 valence electrons. The number of halogens is 1. The maximum Gasteiger partial charge on any atom is 0.139 e. The van der Waals surface area contributed by atoms with E-state index in [1.807, 2.05) is 24.3 Å². The molecule has 2 N–H and O–H groups in total. The normalized spacial score (nSPS) is 26.9. The highest BCUT2D eigenvalue weighted by molar-refractivity contribution is 9.10. The van der Waals surface area contributed by atoms with E-state index < -0.39 is 0 Å². The number of hydrogen-bond acceptors (Lipinski definition) is 3. The summed E-state index contributed by atoms with van der Waals surface area (Å²) in [6.45, 7) is 2.10. The van der Waals surface area contributed by atoms with Crippen LogP contribution in [0.3, 0.4) is 0 Å². The minimum absolute atomic E-state index is 0.0500. The standard InChI is InChI=1S/C21H25BrN2O/c22-18-9-3-4-10-20(18)25-21-17-8-2-1-6-15(17)11-12-19(21)24-13-5-7-16(23)14-24/h1-4,6,8-10,16,19,21H,5,7,11-14,23H2/t16-,19-,21-/m0/s1. The third-order valence-electron chi connectivity index (χ3n) is 5.47. The molecule has 1 aliphatic carbocycles. The van der Waals surface area contributed by atoms with Crippen LogP contribution in [0.5, 0.6) is 5.75 Å².